The molecular formula is C17H14ClIN2O2. The van der Waals surface area contributed by atoms with Crippen molar-refractivity contribution in [3.05, 3.63) is 57.1 Å². The van der Waals surface area contributed by atoms with Crippen LogP contribution in [0, 0.1) is 9.49 Å². The zero-order valence-corrected chi connectivity index (χ0v) is 15.0. The number of anilines is 2. The summed E-state index contributed by atoms with van der Waals surface area (Å²) < 4.78 is 1.10. The minimum absolute atomic E-state index is 0.0825. The van der Waals surface area contributed by atoms with Gasteiger partial charge in [0.2, 0.25) is 11.8 Å². The highest BCUT2D eigenvalue weighted by atomic mass is 127. The first-order valence-electron chi connectivity index (χ1n) is 7.16. The molecule has 0 bridgehead atoms. The molecule has 1 unspecified atom stereocenters. The smallest absolute Gasteiger partial charge is 0.229 e. The summed E-state index contributed by atoms with van der Waals surface area (Å²) in [5.41, 5.74) is 1.39. The number of benzene rings is 2. The lowest BCUT2D eigenvalue weighted by molar-refractivity contribution is -0.122. The Morgan fingerprint density at radius 1 is 1.17 bits per heavy atom. The van der Waals surface area contributed by atoms with E-state index in [1.54, 1.807) is 17.0 Å². The van der Waals surface area contributed by atoms with Crippen LogP contribution in [0.2, 0.25) is 5.02 Å². The number of amides is 2. The predicted octanol–water partition coefficient (Wildman–Crippen LogP) is 3.94. The summed E-state index contributed by atoms with van der Waals surface area (Å²) in [5.74, 6) is -0.604. The maximum Gasteiger partial charge on any atom is 0.229 e. The number of nitrogens with one attached hydrogen (secondary N) is 1. The van der Waals surface area contributed by atoms with Crippen LogP contribution in [0.4, 0.5) is 11.4 Å². The third-order valence-electron chi connectivity index (χ3n) is 3.75. The predicted molar refractivity (Wildman–Crippen MR) is 99.7 cm³/mol. The topological polar surface area (TPSA) is 49.4 Å². The molecule has 23 heavy (non-hydrogen) atoms. The van der Waals surface area contributed by atoms with Gasteiger partial charge in [-0.15, -0.1) is 0 Å². The Kier molecular flexibility index (Phi) is 4.87. The van der Waals surface area contributed by atoms with Crippen molar-refractivity contribution in [1.29, 1.82) is 0 Å². The van der Waals surface area contributed by atoms with E-state index < -0.39 is 0 Å². The fourth-order valence-corrected chi connectivity index (χ4v) is 3.16. The Hall–Kier alpha value is -1.60. The molecule has 0 saturated carbocycles. The number of hydrogen-bond acceptors (Lipinski definition) is 2. The Labute approximate surface area is 153 Å². The van der Waals surface area contributed by atoms with Crippen molar-refractivity contribution < 1.29 is 9.59 Å². The van der Waals surface area contributed by atoms with E-state index in [9.17, 15) is 9.59 Å². The molecule has 118 valence electrons. The normalized spacial score (nSPS) is 17.4. The first-order chi connectivity index (χ1) is 11.0. The molecule has 4 nitrogen and oxygen atoms in total. The molecule has 1 fully saturated rings. The van der Waals surface area contributed by atoms with Crippen molar-refractivity contribution >= 4 is 57.4 Å². The van der Waals surface area contributed by atoms with Gasteiger partial charge in [0.05, 0.1) is 16.6 Å². The maximum absolute atomic E-state index is 12.4. The first-order valence-corrected chi connectivity index (χ1v) is 8.61. The third kappa shape index (κ3) is 3.67. The summed E-state index contributed by atoms with van der Waals surface area (Å²) >= 11 is 8.35. The van der Waals surface area contributed by atoms with Crippen LogP contribution in [0.5, 0.6) is 0 Å². The van der Waals surface area contributed by atoms with Crippen molar-refractivity contribution in [2.75, 3.05) is 16.8 Å². The molecule has 1 atom stereocenters. The van der Waals surface area contributed by atoms with Crippen LogP contribution in [-0.4, -0.2) is 18.4 Å². The molecule has 0 aromatic heterocycles. The molecule has 6 heteroatoms. The van der Waals surface area contributed by atoms with Gasteiger partial charge < -0.3 is 10.2 Å². The monoisotopic (exact) mass is 440 g/mol. The molecule has 3 rings (SSSR count). The van der Waals surface area contributed by atoms with Gasteiger partial charge in [-0.3, -0.25) is 9.59 Å². The van der Waals surface area contributed by atoms with Crippen molar-refractivity contribution in [2.24, 2.45) is 5.92 Å². The van der Waals surface area contributed by atoms with Crippen LogP contribution in [0.25, 0.3) is 0 Å². The molecule has 1 N–H and O–H groups in total. The molecule has 2 aromatic carbocycles. The van der Waals surface area contributed by atoms with Crippen LogP contribution < -0.4 is 10.2 Å². The minimum atomic E-state index is -0.377. The average molecular weight is 441 g/mol. The van der Waals surface area contributed by atoms with Crippen LogP contribution in [0.3, 0.4) is 0 Å². The number of nitrogens with zero attached hydrogens (tertiary/aromatic N) is 1. The summed E-state index contributed by atoms with van der Waals surface area (Å²) in [6.45, 7) is 0.346. The minimum Gasteiger partial charge on any atom is -0.326 e. The summed E-state index contributed by atoms with van der Waals surface area (Å²) in [4.78, 5) is 26.2. The van der Waals surface area contributed by atoms with Gasteiger partial charge in [-0.25, -0.2) is 0 Å². The van der Waals surface area contributed by atoms with Crippen LogP contribution in [-0.2, 0) is 9.59 Å². The largest absolute Gasteiger partial charge is 0.326 e. The van der Waals surface area contributed by atoms with E-state index in [1.165, 1.54) is 0 Å². The van der Waals surface area contributed by atoms with Crippen LogP contribution >= 0.6 is 34.2 Å². The number of halogens is 2. The van der Waals surface area contributed by atoms with Crippen molar-refractivity contribution in [3.63, 3.8) is 0 Å². The molecular weight excluding hydrogens is 427 g/mol. The van der Waals surface area contributed by atoms with Crippen LogP contribution in [0.15, 0.2) is 48.5 Å². The molecule has 0 spiro atoms. The molecule has 0 radical (unpaired) electrons. The van der Waals surface area contributed by atoms with Gasteiger partial charge in [-0.2, -0.15) is 0 Å². The summed E-state index contributed by atoms with van der Waals surface area (Å²) in [7, 11) is 0. The number of para-hydroxylation sites is 1. The zero-order valence-electron chi connectivity index (χ0n) is 12.1. The van der Waals surface area contributed by atoms with Gasteiger partial charge in [0.15, 0.2) is 0 Å². The van der Waals surface area contributed by atoms with E-state index >= 15 is 0 Å². The zero-order chi connectivity index (χ0) is 16.4. The second-order valence-electron chi connectivity index (χ2n) is 5.35. The molecule has 1 saturated heterocycles. The Balaban J connectivity index is 1.71. The summed E-state index contributed by atoms with van der Waals surface area (Å²) in [5, 5.41) is 3.38. The van der Waals surface area contributed by atoms with E-state index in [0.29, 0.717) is 17.3 Å². The maximum atomic E-state index is 12.4. The Morgan fingerprint density at radius 2 is 1.87 bits per heavy atom. The summed E-state index contributed by atoms with van der Waals surface area (Å²) in [6.07, 6.45) is 0.196. The lowest BCUT2D eigenvalue weighted by Crippen LogP contribution is -2.28. The second kappa shape index (κ2) is 6.88. The van der Waals surface area contributed by atoms with Crippen molar-refractivity contribution in [2.45, 2.75) is 6.42 Å². The molecule has 2 amide bonds. The van der Waals surface area contributed by atoms with Crippen LogP contribution in [0.1, 0.15) is 6.42 Å². The van der Waals surface area contributed by atoms with Gasteiger partial charge in [0.1, 0.15) is 0 Å². The van der Waals surface area contributed by atoms with Gasteiger partial charge in [-0.05, 0) is 59.0 Å². The van der Waals surface area contributed by atoms with E-state index in [0.717, 1.165) is 9.26 Å². The van der Waals surface area contributed by atoms with E-state index in [-0.39, 0.29) is 24.2 Å². The number of carbonyl (C=O) groups excluding carboxylic acids is 2. The summed E-state index contributed by atoms with van der Waals surface area (Å²) in [6, 6.07) is 14.7. The standard InChI is InChI=1S/C17H14ClIN2O2/c18-14-3-1-2-4-15(14)21-10-11(9-16(21)22)17(23)20-13-7-5-12(19)6-8-13/h1-8,11H,9-10H2,(H,20,23). The fourth-order valence-electron chi connectivity index (χ4n) is 2.56. The molecule has 1 aliphatic heterocycles. The van der Waals surface area contributed by atoms with Crippen molar-refractivity contribution in [1.82, 2.24) is 0 Å². The SMILES string of the molecule is O=C(Nc1ccc(I)cc1)C1CC(=O)N(c2ccccc2Cl)C1. The molecule has 1 aliphatic rings. The quantitative estimate of drug-likeness (QED) is 0.735. The lowest BCUT2D eigenvalue weighted by atomic mass is 10.1. The number of carbonyl (C=O) groups is 2. The van der Waals surface area contributed by atoms with Gasteiger partial charge >= 0.3 is 0 Å². The second-order valence-corrected chi connectivity index (χ2v) is 7.01. The third-order valence-corrected chi connectivity index (χ3v) is 4.79. The fraction of sp³-hybridized carbons (Fsp3) is 0.176. The molecule has 1 heterocycles. The first kappa shape index (κ1) is 16.3. The van der Waals surface area contributed by atoms with E-state index in [1.807, 2.05) is 36.4 Å². The number of hydrogen-bond donors (Lipinski definition) is 1. The number of rotatable bonds is 3. The Morgan fingerprint density at radius 3 is 2.57 bits per heavy atom. The molecule has 2 aromatic rings. The average Bonchev–Trinajstić information content (AvgIpc) is 2.92. The highest BCUT2D eigenvalue weighted by molar-refractivity contribution is 14.1. The van der Waals surface area contributed by atoms with Crippen molar-refractivity contribution in [3.8, 4) is 0 Å². The highest BCUT2D eigenvalue weighted by Crippen LogP contribution is 2.31. The van der Waals surface area contributed by atoms with Gasteiger partial charge in [0, 0.05) is 22.2 Å². The van der Waals surface area contributed by atoms with E-state index in [4.69, 9.17) is 11.6 Å². The van der Waals surface area contributed by atoms with Gasteiger partial charge in [-0.1, -0.05) is 23.7 Å². The molecule has 0 aliphatic carbocycles. The highest BCUT2D eigenvalue weighted by Gasteiger charge is 2.35. The van der Waals surface area contributed by atoms with Gasteiger partial charge in [0.25, 0.3) is 0 Å². The van der Waals surface area contributed by atoms with E-state index in [2.05, 4.69) is 27.9 Å². The Bertz CT molecular complexity index is 749. The lowest BCUT2D eigenvalue weighted by Gasteiger charge is -2.18.